The molecule has 1 saturated heterocycles. The van der Waals surface area contributed by atoms with E-state index in [1.165, 1.54) is 0 Å². The standard InChI is InChI=1S/C14H20BrNO2S/c1-11(2)12-7-9-16(10-8-12)19(17,18)14-5-3-13(15)4-6-14/h3-6,11-12H,7-10H2,1-2H3. The molecule has 0 unspecified atom stereocenters. The van der Waals surface area contributed by atoms with Crippen LogP contribution >= 0.6 is 15.9 Å². The minimum atomic E-state index is -3.32. The van der Waals surface area contributed by atoms with Gasteiger partial charge in [0.2, 0.25) is 10.0 Å². The van der Waals surface area contributed by atoms with Gasteiger partial charge in [0.25, 0.3) is 0 Å². The van der Waals surface area contributed by atoms with Gasteiger partial charge in [-0.2, -0.15) is 4.31 Å². The van der Waals surface area contributed by atoms with Crippen LogP contribution in [0.4, 0.5) is 0 Å². The highest BCUT2D eigenvalue weighted by molar-refractivity contribution is 9.10. The Labute approximate surface area is 124 Å². The van der Waals surface area contributed by atoms with Crippen molar-refractivity contribution in [1.82, 2.24) is 4.31 Å². The Hall–Kier alpha value is -0.390. The summed E-state index contributed by atoms with van der Waals surface area (Å²) < 4.78 is 27.5. The van der Waals surface area contributed by atoms with Gasteiger partial charge < -0.3 is 0 Å². The van der Waals surface area contributed by atoms with Crippen molar-refractivity contribution >= 4 is 26.0 Å². The number of piperidine rings is 1. The second-order valence-electron chi connectivity index (χ2n) is 5.44. The SMILES string of the molecule is CC(C)C1CCN(S(=O)(=O)c2ccc(Br)cc2)CC1. The van der Waals surface area contributed by atoms with Crippen LogP contribution in [0.2, 0.25) is 0 Å². The molecule has 19 heavy (non-hydrogen) atoms. The van der Waals surface area contributed by atoms with E-state index in [9.17, 15) is 8.42 Å². The molecule has 2 rings (SSSR count). The van der Waals surface area contributed by atoms with Crippen LogP contribution in [0.15, 0.2) is 33.6 Å². The van der Waals surface area contributed by atoms with Gasteiger partial charge in [0.1, 0.15) is 0 Å². The third kappa shape index (κ3) is 3.38. The number of halogens is 1. The second kappa shape index (κ2) is 5.94. The maximum absolute atomic E-state index is 12.5. The molecule has 1 aliphatic heterocycles. The smallest absolute Gasteiger partial charge is 0.207 e. The predicted molar refractivity (Wildman–Crippen MR) is 80.5 cm³/mol. The molecule has 0 spiro atoms. The molecule has 0 bridgehead atoms. The molecule has 0 aliphatic carbocycles. The van der Waals surface area contributed by atoms with Crippen molar-refractivity contribution in [3.05, 3.63) is 28.7 Å². The van der Waals surface area contributed by atoms with Gasteiger partial charge in [0.15, 0.2) is 0 Å². The molecule has 0 N–H and O–H groups in total. The van der Waals surface area contributed by atoms with Gasteiger partial charge in [-0.15, -0.1) is 0 Å². The average molecular weight is 346 g/mol. The van der Waals surface area contributed by atoms with Crippen LogP contribution in [-0.2, 0) is 10.0 Å². The summed E-state index contributed by atoms with van der Waals surface area (Å²) in [6.45, 7) is 5.70. The Balaban J connectivity index is 2.12. The Bertz CT molecular complexity index is 517. The van der Waals surface area contributed by atoms with Gasteiger partial charge in [-0.25, -0.2) is 8.42 Å². The normalized spacial score (nSPS) is 18.9. The first-order valence-electron chi connectivity index (χ1n) is 6.67. The predicted octanol–water partition coefficient (Wildman–Crippen LogP) is 3.51. The first-order chi connectivity index (χ1) is 8.91. The van der Waals surface area contributed by atoms with Gasteiger partial charge in [0.05, 0.1) is 4.90 Å². The molecule has 0 atom stereocenters. The van der Waals surface area contributed by atoms with E-state index in [1.54, 1.807) is 28.6 Å². The number of sulfonamides is 1. The van der Waals surface area contributed by atoms with Gasteiger partial charge in [-0.1, -0.05) is 29.8 Å². The van der Waals surface area contributed by atoms with Gasteiger partial charge in [0, 0.05) is 17.6 Å². The summed E-state index contributed by atoms with van der Waals surface area (Å²) in [5, 5.41) is 0. The van der Waals surface area contributed by atoms with Crippen molar-refractivity contribution in [1.29, 1.82) is 0 Å². The summed E-state index contributed by atoms with van der Waals surface area (Å²) in [4.78, 5) is 0.388. The zero-order chi connectivity index (χ0) is 14.0. The van der Waals surface area contributed by atoms with Crippen molar-refractivity contribution < 1.29 is 8.42 Å². The van der Waals surface area contributed by atoms with Crippen LogP contribution in [0.3, 0.4) is 0 Å². The summed E-state index contributed by atoms with van der Waals surface area (Å²) >= 11 is 3.32. The second-order valence-corrected chi connectivity index (χ2v) is 8.29. The first kappa shape index (κ1) is 15.0. The summed E-state index contributed by atoms with van der Waals surface area (Å²) in [5.41, 5.74) is 0. The number of nitrogens with zero attached hydrogens (tertiary/aromatic N) is 1. The monoisotopic (exact) mass is 345 g/mol. The molecule has 1 fully saturated rings. The molecule has 0 saturated carbocycles. The van der Waals surface area contributed by atoms with Crippen molar-refractivity contribution in [3.8, 4) is 0 Å². The zero-order valence-electron chi connectivity index (χ0n) is 11.3. The van der Waals surface area contributed by atoms with Crippen LogP contribution in [-0.4, -0.2) is 25.8 Å². The van der Waals surface area contributed by atoms with E-state index in [1.807, 2.05) is 0 Å². The number of hydrogen-bond acceptors (Lipinski definition) is 2. The van der Waals surface area contributed by atoms with E-state index in [2.05, 4.69) is 29.8 Å². The fraction of sp³-hybridized carbons (Fsp3) is 0.571. The molecule has 5 heteroatoms. The molecule has 0 aromatic heterocycles. The fourth-order valence-corrected chi connectivity index (χ4v) is 4.27. The molecule has 1 aliphatic rings. The Morgan fingerprint density at radius 1 is 1.16 bits per heavy atom. The zero-order valence-corrected chi connectivity index (χ0v) is 13.7. The van der Waals surface area contributed by atoms with Crippen molar-refractivity contribution in [2.24, 2.45) is 11.8 Å². The molecule has 0 radical (unpaired) electrons. The van der Waals surface area contributed by atoms with E-state index in [4.69, 9.17) is 0 Å². The lowest BCUT2D eigenvalue weighted by Gasteiger charge is -2.33. The number of benzene rings is 1. The van der Waals surface area contributed by atoms with Gasteiger partial charge in [-0.3, -0.25) is 0 Å². The van der Waals surface area contributed by atoms with E-state index in [-0.39, 0.29) is 0 Å². The van der Waals surface area contributed by atoms with E-state index < -0.39 is 10.0 Å². The van der Waals surface area contributed by atoms with Crippen LogP contribution in [0, 0.1) is 11.8 Å². The maximum atomic E-state index is 12.5. The third-order valence-corrected chi connectivity index (χ3v) is 6.33. The minimum absolute atomic E-state index is 0.388. The summed E-state index contributed by atoms with van der Waals surface area (Å²) in [6.07, 6.45) is 1.93. The lowest BCUT2D eigenvalue weighted by Crippen LogP contribution is -2.39. The minimum Gasteiger partial charge on any atom is -0.207 e. The quantitative estimate of drug-likeness (QED) is 0.840. The van der Waals surface area contributed by atoms with E-state index >= 15 is 0 Å². The first-order valence-corrected chi connectivity index (χ1v) is 8.90. The molecule has 0 amide bonds. The van der Waals surface area contributed by atoms with Crippen molar-refractivity contribution in [2.45, 2.75) is 31.6 Å². The Morgan fingerprint density at radius 3 is 2.16 bits per heavy atom. The maximum Gasteiger partial charge on any atom is 0.243 e. The van der Waals surface area contributed by atoms with Crippen molar-refractivity contribution in [3.63, 3.8) is 0 Å². The lowest BCUT2D eigenvalue weighted by atomic mass is 9.87. The summed E-state index contributed by atoms with van der Waals surface area (Å²) in [6, 6.07) is 6.86. The molecule has 3 nitrogen and oxygen atoms in total. The Morgan fingerprint density at radius 2 is 1.68 bits per heavy atom. The van der Waals surface area contributed by atoms with Crippen LogP contribution in [0.5, 0.6) is 0 Å². The highest BCUT2D eigenvalue weighted by Crippen LogP contribution is 2.28. The number of hydrogen-bond donors (Lipinski definition) is 0. The van der Waals surface area contributed by atoms with E-state index in [0.29, 0.717) is 29.8 Å². The summed E-state index contributed by atoms with van der Waals surface area (Å²) in [5.74, 6) is 1.29. The van der Waals surface area contributed by atoms with Crippen LogP contribution in [0.25, 0.3) is 0 Å². The van der Waals surface area contributed by atoms with Crippen molar-refractivity contribution in [2.75, 3.05) is 13.1 Å². The Kier molecular flexibility index (Phi) is 4.69. The van der Waals surface area contributed by atoms with Crippen LogP contribution in [0.1, 0.15) is 26.7 Å². The number of rotatable bonds is 3. The topological polar surface area (TPSA) is 37.4 Å². The average Bonchev–Trinajstić information content (AvgIpc) is 2.39. The highest BCUT2D eigenvalue weighted by Gasteiger charge is 2.30. The molecule has 1 aromatic carbocycles. The lowest BCUT2D eigenvalue weighted by molar-refractivity contribution is 0.226. The molecular formula is C14H20BrNO2S. The fourth-order valence-electron chi connectivity index (χ4n) is 2.54. The highest BCUT2D eigenvalue weighted by atomic mass is 79.9. The molecule has 1 aromatic rings. The van der Waals surface area contributed by atoms with Gasteiger partial charge in [-0.05, 0) is 48.9 Å². The van der Waals surface area contributed by atoms with E-state index in [0.717, 1.165) is 17.3 Å². The van der Waals surface area contributed by atoms with Gasteiger partial charge >= 0.3 is 0 Å². The largest absolute Gasteiger partial charge is 0.243 e. The molecule has 106 valence electrons. The molecule has 1 heterocycles. The third-order valence-electron chi connectivity index (χ3n) is 3.89. The van der Waals surface area contributed by atoms with Crippen LogP contribution < -0.4 is 0 Å². The molecular weight excluding hydrogens is 326 g/mol. The summed E-state index contributed by atoms with van der Waals surface area (Å²) in [7, 11) is -3.32.